The molecule has 0 bridgehead atoms. The predicted octanol–water partition coefficient (Wildman–Crippen LogP) is 17.1. The van der Waals surface area contributed by atoms with E-state index in [-0.39, 0.29) is 25.9 Å². The lowest BCUT2D eigenvalue weighted by molar-refractivity contribution is -0.161. The van der Waals surface area contributed by atoms with Gasteiger partial charge in [-0.1, -0.05) is 236 Å². The summed E-state index contributed by atoms with van der Waals surface area (Å²) in [7, 11) is -4.76. The lowest BCUT2D eigenvalue weighted by Crippen LogP contribution is -2.30. The van der Waals surface area contributed by atoms with Gasteiger partial charge in [-0.2, -0.15) is 0 Å². The van der Waals surface area contributed by atoms with Crippen molar-refractivity contribution in [2.45, 2.75) is 277 Å². The van der Waals surface area contributed by atoms with Gasteiger partial charge >= 0.3 is 25.7 Å². The van der Waals surface area contributed by atoms with Gasteiger partial charge in [0.1, 0.15) is 12.7 Å². The average molecular weight is 1040 g/mol. The first-order valence-electron chi connectivity index (χ1n) is 29.2. The SMILES string of the molecule is CC/C=C\C/C=C\C/C=C\C/C=C\CCC(=O)OCC(COP(=O)(O)OCC(CO)OC(=O)CCCCCCCCCCCCCCCCC)OC(=O)CCCCCCCCC/C=C\CCCCCCCC. The number of esters is 3. The van der Waals surface area contributed by atoms with Crippen LogP contribution in [0.25, 0.3) is 0 Å². The van der Waals surface area contributed by atoms with Crippen molar-refractivity contribution in [1.29, 1.82) is 0 Å². The van der Waals surface area contributed by atoms with Crippen LogP contribution < -0.4 is 0 Å². The highest BCUT2D eigenvalue weighted by Crippen LogP contribution is 2.43. The minimum Gasteiger partial charge on any atom is -0.462 e. The summed E-state index contributed by atoms with van der Waals surface area (Å²) in [6.45, 7) is 4.47. The highest BCUT2D eigenvalue weighted by molar-refractivity contribution is 7.47. The van der Waals surface area contributed by atoms with Crippen molar-refractivity contribution in [3.63, 3.8) is 0 Å². The van der Waals surface area contributed by atoms with Crippen LogP contribution in [0.15, 0.2) is 60.8 Å². The molecule has 12 heteroatoms. The van der Waals surface area contributed by atoms with E-state index < -0.39 is 57.8 Å². The van der Waals surface area contributed by atoms with Gasteiger partial charge < -0.3 is 24.2 Å². The molecule has 0 aliphatic carbocycles. The van der Waals surface area contributed by atoms with Crippen LogP contribution in [0.4, 0.5) is 0 Å². The molecule has 0 aromatic heterocycles. The third kappa shape index (κ3) is 52.1. The molecule has 418 valence electrons. The molecule has 0 rings (SSSR count). The topological polar surface area (TPSA) is 155 Å². The highest BCUT2D eigenvalue weighted by atomic mass is 31.2. The second-order valence-corrected chi connectivity index (χ2v) is 20.9. The Labute approximate surface area is 440 Å². The van der Waals surface area contributed by atoms with Crippen LogP contribution in [0.3, 0.4) is 0 Å². The zero-order valence-corrected chi connectivity index (χ0v) is 47.0. The van der Waals surface area contributed by atoms with Crippen LogP contribution in [0.5, 0.6) is 0 Å². The molecule has 0 aromatic carbocycles. The summed E-state index contributed by atoms with van der Waals surface area (Å²) < 4.78 is 39.4. The Morgan fingerprint density at radius 3 is 1.17 bits per heavy atom. The number of hydrogen-bond acceptors (Lipinski definition) is 10. The van der Waals surface area contributed by atoms with Crippen LogP contribution in [0.2, 0.25) is 0 Å². The normalized spacial score (nSPS) is 13.8. The Kier molecular flexibility index (Phi) is 52.3. The van der Waals surface area contributed by atoms with E-state index in [9.17, 15) is 28.9 Å². The molecule has 72 heavy (non-hydrogen) atoms. The highest BCUT2D eigenvalue weighted by Gasteiger charge is 2.28. The number of hydrogen-bond donors (Lipinski definition) is 2. The largest absolute Gasteiger partial charge is 0.472 e. The van der Waals surface area contributed by atoms with E-state index in [1.807, 2.05) is 12.2 Å². The van der Waals surface area contributed by atoms with E-state index in [0.717, 1.165) is 77.0 Å². The average Bonchev–Trinajstić information content (AvgIpc) is 3.37. The van der Waals surface area contributed by atoms with Gasteiger partial charge in [0.05, 0.1) is 19.8 Å². The Balaban J connectivity index is 4.75. The molecule has 0 aliphatic heterocycles. The van der Waals surface area contributed by atoms with Crippen LogP contribution in [0, 0.1) is 0 Å². The number of allylic oxidation sites excluding steroid dienone is 10. The monoisotopic (exact) mass is 1030 g/mol. The second kappa shape index (κ2) is 54.4. The molecule has 0 amide bonds. The molecular formula is C60H107O11P. The van der Waals surface area contributed by atoms with E-state index in [1.165, 1.54) is 128 Å². The van der Waals surface area contributed by atoms with Crippen molar-refractivity contribution in [2.24, 2.45) is 0 Å². The first-order chi connectivity index (χ1) is 35.2. The zero-order valence-electron chi connectivity index (χ0n) is 46.1. The summed E-state index contributed by atoms with van der Waals surface area (Å²) in [5, 5.41) is 9.81. The Hall–Kier alpha value is -2.82. The Morgan fingerprint density at radius 1 is 0.403 bits per heavy atom. The molecule has 0 aromatic rings. The van der Waals surface area contributed by atoms with E-state index in [4.69, 9.17) is 23.3 Å². The molecule has 2 N–H and O–H groups in total. The van der Waals surface area contributed by atoms with Crippen molar-refractivity contribution < 1.29 is 52.2 Å². The van der Waals surface area contributed by atoms with Gasteiger partial charge in [0.2, 0.25) is 0 Å². The van der Waals surface area contributed by atoms with Crippen LogP contribution in [0.1, 0.15) is 265 Å². The molecule has 11 nitrogen and oxygen atoms in total. The fourth-order valence-corrected chi connectivity index (χ4v) is 8.80. The van der Waals surface area contributed by atoms with Gasteiger partial charge in [-0.3, -0.25) is 23.4 Å². The van der Waals surface area contributed by atoms with Crippen molar-refractivity contribution in [3.8, 4) is 0 Å². The number of aliphatic hydroxyl groups is 1. The van der Waals surface area contributed by atoms with Gasteiger partial charge in [-0.15, -0.1) is 0 Å². The third-order valence-corrected chi connectivity index (χ3v) is 13.4. The maximum absolute atomic E-state index is 12.9. The van der Waals surface area contributed by atoms with Crippen molar-refractivity contribution >= 4 is 25.7 Å². The van der Waals surface area contributed by atoms with Crippen LogP contribution in [-0.4, -0.2) is 66.5 Å². The smallest absolute Gasteiger partial charge is 0.462 e. The van der Waals surface area contributed by atoms with E-state index in [2.05, 4.69) is 69.4 Å². The van der Waals surface area contributed by atoms with E-state index in [1.54, 1.807) is 0 Å². The molecule has 0 heterocycles. The fourth-order valence-electron chi connectivity index (χ4n) is 8.01. The minimum absolute atomic E-state index is 0.105. The number of unbranched alkanes of at least 4 members (excludes halogenated alkanes) is 27. The van der Waals surface area contributed by atoms with Crippen molar-refractivity contribution in [2.75, 3.05) is 26.4 Å². The maximum atomic E-state index is 12.9. The molecule has 0 spiro atoms. The number of phosphoric ester groups is 1. The summed E-state index contributed by atoms with van der Waals surface area (Å²) in [5.41, 5.74) is 0. The third-order valence-electron chi connectivity index (χ3n) is 12.4. The number of carbonyl (C=O) groups is 3. The van der Waals surface area contributed by atoms with Crippen LogP contribution >= 0.6 is 7.82 Å². The number of rotatable bonds is 54. The van der Waals surface area contributed by atoms with Crippen molar-refractivity contribution in [3.05, 3.63) is 60.8 Å². The summed E-state index contributed by atoms with van der Waals surface area (Å²) in [6, 6.07) is 0. The van der Waals surface area contributed by atoms with Crippen LogP contribution in [-0.2, 0) is 42.2 Å². The fraction of sp³-hybridized carbons (Fsp3) is 0.783. The summed E-state index contributed by atoms with van der Waals surface area (Å²) in [4.78, 5) is 48.5. The lowest BCUT2D eigenvalue weighted by atomic mass is 10.0. The van der Waals surface area contributed by atoms with E-state index in [0.29, 0.717) is 19.3 Å². The van der Waals surface area contributed by atoms with Gasteiger partial charge in [0, 0.05) is 19.3 Å². The summed E-state index contributed by atoms with van der Waals surface area (Å²) >= 11 is 0. The molecular weight excluding hydrogens is 928 g/mol. The van der Waals surface area contributed by atoms with E-state index >= 15 is 0 Å². The maximum Gasteiger partial charge on any atom is 0.472 e. The zero-order chi connectivity index (χ0) is 52.7. The Bertz CT molecular complexity index is 1440. The lowest BCUT2D eigenvalue weighted by Gasteiger charge is -2.21. The summed E-state index contributed by atoms with van der Waals surface area (Å²) in [6.07, 6.45) is 59.1. The number of aliphatic hydroxyl groups excluding tert-OH is 1. The number of ether oxygens (including phenoxy) is 3. The molecule has 0 saturated heterocycles. The number of phosphoric acid groups is 1. The minimum atomic E-state index is -4.76. The second-order valence-electron chi connectivity index (χ2n) is 19.4. The first-order valence-corrected chi connectivity index (χ1v) is 30.7. The quantitative estimate of drug-likeness (QED) is 0.0197. The van der Waals surface area contributed by atoms with Gasteiger partial charge in [-0.05, 0) is 70.6 Å². The molecule has 0 saturated carbocycles. The molecule has 0 aliphatic rings. The molecule has 3 unspecified atom stereocenters. The molecule has 0 radical (unpaired) electrons. The first kappa shape index (κ1) is 69.2. The Morgan fingerprint density at radius 2 is 0.750 bits per heavy atom. The summed E-state index contributed by atoms with van der Waals surface area (Å²) in [5.74, 6) is -1.56. The standard InChI is InChI=1S/C60H107O11P/c1-4-7-10-13-16-19-22-25-27-28-30-33-36-39-42-45-48-51-60(64)71-57(53-67-58(62)49-46-43-40-37-34-31-24-21-18-15-12-9-6-3)55-69-72(65,66)68-54-56(52-61)70-59(63)50-47-44-41-38-35-32-29-26-23-20-17-14-11-8-5-2/h9,12,18,21,25,27,31,34,40,43,56-57,61H,4-8,10-11,13-17,19-20,22-24,26,28-30,32-33,35-39,41-42,44-55H2,1-3H3,(H,65,66)/b12-9-,21-18-,27-25-,34-31-,43-40-. The predicted molar refractivity (Wildman–Crippen MR) is 298 cm³/mol. The number of carbonyl (C=O) groups excluding carboxylic acids is 3. The van der Waals surface area contributed by atoms with Gasteiger partial charge in [0.15, 0.2) is 6.10 Å². The molecule has 0 fully saturated rings. The van der Waals surface area contributed by atoms with Gasteiger partial charge in [0.25, 0.3) is 0 Å². The van der Waals surface area contributed by atoms with Gasteiger partial charge in [-0.25, -0.2) is 4.57 Å². The molecule has 3 atom stereocenters. The van der Waals surface area contributed by atoms with Crippen molar-refractivity contribution in [1.82, 2.24) is 0 Å².